The number of halogens is 1. The minimum atomic E-state index is -0.243. The molecule has 4 nitrogen and oxygen atoms in total. The molecule has 0 saturated heterocycles. The van der Waals surface area contributed by atoms with Gasteiger partial charge < -0.3 is 10.3 Å². The summed E-state index contributed by atoms with van der Waals surface area (Å²) in [6.45, 7) is 3.91. The highest BCUT2D eigenvalue weighted by molar-refractivity contribution is 9.10. The van der Waals surface area contributed by atoms with Crippen LogP contribution in [0.2, 0.25) is 0 Å². The monoisotopic (exact) mass is 286 g/mol. The van der Waals surface area contributed by atoms with E-state index in [1.165, 1.54) is 6.07 Å². The van der Waals surface area contributed by atoms with Gasteiger partial charge in [0.1, 0.15) is 0 Å². The van der Waals surface area contributed by atoms with Gasteiger partial charge in [-0.1, -0.05) is 20.3 Å². The third kappa shape index (κ3) is 3.81. The number of H-pyrrole nitrogens is 1. The van der Waals surface area contributed by atoms with Crippen LogP contribution in [0.15, 0.2) is 21.5 Å². The molecule has 1 heterocycles. The standard InChI is InChI=1S/C11H15BrN2O2/c1-3-4-7(2)11(16)13-8-5-9(12)14-10(15)6-8/h5-7H,3-4H2,1-2H3,(H2,13,14,15,16). The minimum Gasteiger partial charge on any atom is -0.326 e. The maximum Gasteiger partial charge on any atom is 0.250 e. The summed E-state index contributed by atoms with van der Waals surface area (Å²) >= 11 is 3.16. The average molecular weight is 287 g/mol. The van der Waals surface area contributed by atoms with Crippen LogP contribution < -0.4 is 10.9 Å². The highest BCUT2D eigenvalue weighted by atomic mass is 79.9. The van der Waals surface area contributed by atoms with Crippen LogP contribution in [0.1, 0.15) is 26.7 Å². The molecule has 0 aliphatic carbocycles. The van der Waals surface area contributed by atoms with Crippen LogP contribution in [0.25, 0.3) is 0 Å². The number of hydrogen-bond acceptors (Lipinski definition) is 2. The van der Waals surface area contributed by atoms with Crippen LogP contribution in [0.4, 0.5) is 5.69 Å². The van der Waals surface area contributed by atoms with Crippen LogP contribution >= 0.6 is 15.9 Å². The average Bonchev–Trinajstić information content (AvgIpc) is 2.16. The molecule has 0 spiro atoms. The van der Waals surface area contributed by atoms with Crippen LogP contribution in [0, 0.1) is 5.92 Å². The van der Waals surface area contributed by atoms with Crippen molar-refractivity contribution in [3.8, 4) is 0 Å². The van der Waals surface area contributed by atoms with Gasteiger partial charge in [0.15, 0.2) is 0 Å². The van der Waals surface area contributed by atoms with Crippen LogP contribution in [0.3, 0.4) is 0 Å². The maximum absolute atomic E-state index is 11.7. The summed E-state index contributed by atoms with van der Waals surface area (Å²) in [6.07, 6.45) is 1.81. The van der Waals surface area contributed by atoms with Gasteiger partial charge in [0.05, 0.1) is 4.60 Å². The van der Waals surface area contributed by atoms with Crippen LogP contribution in [-0.4, -0.2) is 10.9 Å². The van der Waals surface area contributed by atoms with Crippen molar-refractivity contribution in [1.82, 2.24) is 4.98 Å². The molecule has 0 radical (unpaired) electrons. The molecule has 0 bridgehead atoms. The van der Waals surface area contributed by atoms with E-state index in [9.17, 15) is 9.59 Å². The molecule has 0 fully saturated rings. The number of carbonyl (C=O) groups excluding carboxylic acids is 1. The molecule has 0 saturated carbocycles. The molecule has 1 aromatic heterocycles. The van der Waals surface area contributed by atoms with E-state index in [4.69, 9.17) is 0 Å². The van der Waals surface area contributed by atoms with Crippen molar-refractivity contribution >= 4 is 27.5 Å². The number of amides is 1. The van der Waals surface area contributed by atoms with Gasteiger partial charge in [0, 0.05) is 17.7 Å². The highest BCUT2D eigenvalue weighted by Crippen LogP contribution is 2.13. The Morgan fingerprint density at radius 2 is 2.25 bits per heavy atom. The van der Waals surface area contributed by atoms with Gasteiger partial charge in [-0.05, 0) is 28.4 Å². The SMILES string of the molecule is CCCC(C)C(=O)Nc1cc(Br)[nH]c(=O)c1. The predicted octanol–water partition coefficient (Wildman–Crippen LogP) is 2.51. The lowest BCUT2D eigenvalue weighted by Crippen LogP contribution is -2.21. The number of nitrogens with one attached hydrogen (secondary N) is 2. The smallest absolute Gasteiger partial charge is 0.250 e. The normalized spacial score (nSPS) is 12.2. The Balaban J connectivity index is 2.73. The summed E-state index contributed by atoms with van der Waals surface area (Å²) in [4.78, 5) is 25.4. The third-order valence-electron chi connectivity index (χ3n) is 2.25. The van der Waals surface area contributed by atoms with Crippen molar-refractivity contribution in [2.24, 2.45) is 5.92 Å². The molecular weight excluding hydrogens is 272 g/mol. The second kappa shape index (κ2) is 5.84. The van der Waals surface area contributed by atoms with Gasteiger partial charge >= 0.3 is 0 Å². The fourth-order valence-corrected chi connectivity index (χ4v) is 1.85. The molecule has 1 rings (SSSR count). The first-order valence-corrected chi connectivity index (χ1v) is 6.03. The van der Waals surface area contributed by atoms with Gasteiger partial charge in [-0.25, -0.2) is 0 Å². The van der Waals surface area contributed by atoms with Gasteiger partial charge in [-0.3, -0.25) is 9.59 Å². The Hall–Kier alpha value is -1.10. The molecule has 16 heavy (non-hydrogen) atoms. The van der Waals surface area contributed by atoms with Crippen molar-refractivity contribution in [3.05, 3.63) is 27.1 Å². The summed E-state index contributed by atoms with van der Waals surface area (Å²) in [5, 5.41) is 2.72. The molecule has 1 amide bonds. The van der Waals surface area contributed by atoms with Crippen molar-refractivity contribution in [2.75, 3.05) is 5.32 Å². The van der Waals surface area contributed by atoms with E-state index in [0.717, 1.165) is 12.8 Å². The number of aromatic amines is 1. The van der Waals surface area contributed by atoms with Crippen LogP contribution in [-0.2, 0) is 4.79 Å². The quantitative estimate of drug-likeness (QED) is 0.836. The first kappa shape index (κ1) is 13.0. The highest BCUT2D eigenvalue weighted by Gasteiger charge is 2.12. The molecule has 5 heteroatoms. The molecule has 0 aromatic carbocycles. The summed E-state index contributed by atoms with van der Waals surface area (Å²) in [5.74, 6) is -0.0950. The van der Waals surface area contributed by atoms with Crippen molar-refractivity contribution < 1.29 is 4.79 Å². The fraction of sp³-hybridized carbons (Fsp3) is 0.455. The molecule has 1 aromatic rings. The lowest BCUT2D eigenvalue weighted by molar-refractivity contribution is -0.119. The molecule has 88 valence electrons. The molecule has 2 N–H and O–H groups in total. The largest absolute Gasteiger partial charge is 0.326 e. The molecule has 1 unspecified atom stereocenters. The van der Waals surface area contributed by atoms with Crippen molar-refractivity contribution in [2.45, 2.75) is 26.7 Å². The number of pyridine rings is 1. The Kier molecular flexibility index (Phi) is 4.73. The van der Waals surface area contributed by atoms with E-state index >= 15 is 0 Å². The minimum absolute atomic E-state index is 0.0388. The second-order valence-electron chi connectivity index (χ2n) is 3.76. The zero-order valence-corrected chi connectivity index (χ0v) is 10.9. The number of hydrogen-bond donors (Lipinski definition) is 2. The van der Waals surface area contributed by atoms with Gasteiger partial charge in [0.25, 0.3) is 5.56 Å². The molecular formula is C11H15BrN2O2. The van der Waals surface area contributed by atoms with E-state index in [-0.39, 0.29) is 17.4 Å². The topological polar surface area (TPSA) is 62.0 Å². The molecule has 1 atom stereocenters. The zero-order valence-electron chi connectivity index (χ0n) is 9.34. The second-order valence-corrected chi connectivity index (χ2v) is 4.61. The first-order chi connectivity index (χ1) is 7.52. The molecule has 0 aliphatic heterocycles. The Bertz CT molecular complexity index is 428. The van der Waals surface area contributed by atoms with E-state index in [1.807, 2.05) is 13.8 Å². The Labute approximate surface area is 103 Å². The lowest BCUT2D eigenvalue weighted by Gasteiger charge is -2.10. The molecule has 0 aliphatic rings. The number of anilines is 1. The summed E-state index contributed by atoms with van der Waals surface area (Å²) in [5.41, 5.74) is 0.274. The Morgan fingerprint density at radius 1 is 1.56 bits per heavy atom. The van der Waals surface area contributed by atoms with Gasteiger partial charge in [0.2, 0.25) is 5.91 Å². The number of rotatable bonds is 4. The van der Waals surface area contributed by atoms with Crippen LogP contribution in [0.5, 0.6) is 0 Å². The third-order valence-corrected chi connectivity index (χ3v) is 2.68. The number of aromatic nitrogens is 1. The summed E-state index contributed by atoms with van der Waals surface area (Å²) in [6, 6.07) is 3.03. The Morgan fingerprint density at radius 3 is 2.81 bits per heavy atom. The van der Waals surface area contributed by atoms with E-state index in [1.54, 1.807) is 6.07 Å². The van der Waals surface area contributed by atoms with Gasteiger partial charge in [-0.2, -0.15) is 0 Å². The number of carbonyl (C=O) groups is 1. The summed E-state index contributed by atoms with van der Waals surface area (Å²) in [7, 11) is 0. The van der Waals surface area contributed by atoms with Crippen molar-refractivity contribution in [1.29, 1.82) is 0 Å². The van der Waals surface area contributed by atoms with E-state index in [0.29, 0.717) is 10.3 Å². The van der Waals surface area contributed by atoms with E-state index < -0.39 is 0 Å². The van der Waals surface area contributed by atoms with Crippen molar-refractivity contribution in [3.63, 3.8) is 0 Å². The lowest BCUT2D eigenvalue weighted by atomic mass is 10.1. The summed E-state index contributed by atoms with van der Waals surface area (Å²) < 4.78 is 0.554. The van der Waals surface area contributed by atoms with E-state index in [2.05, 4.69) is 26.2 Å². The first-order valence-electron chi connectivity index (χ1n) is 5.23. The van der Waals surface area contributed by atoms with Gasteiger partial charge in [-0.15, -0.1) is 0 Å². The predicted molar refractivity (Wildman–Crippen MR) is 67.5 cm³/mol. The zero-order chi connectivity index (χ0) is 12.1. The maximum atomic E-state index is 11.7. The fourth-order valence-electron chi connectivity index (χ4n) is 1.41.